The van der Waals surface area contributed by atoms with Crippen LogP contribution in [-0.2, 0) is 12.5 Å². The van der Waals surface area contributed by atoms with E-state index in [0.717, 1.165) is 9.13 Å². The number of amides is 1. The fraction of sp³-hybridized carbons (Fsp3) is 0.412. The predicted molar refractivity (Wildman–Crippen MR) is 96.9 cm³/mol. The molecule has 1 atom stereocenters. The number of aryl methyl sites for hydroxylation is 1. The average Bonchev–Trinajstić information content (AvgIpc) is 2.77. The Morgan fingerprint density at radius 1 is 1.27 bits per heavy atom. The van der Waals surface area contributed by atoms with Crippen molar-refractivity contribution in [2.45, 2.75) is 39.2 Å². The fourth-order valence-electron chi connectivity index (χ4n) is 2.29. The minimum Gasteiger partial charge on any atom is -0.344 e. The number of benzene rings is 1. The van der Waals surface area contributed by atoms with Gasteiger partial charge in [0.25, 0.3) is 5.91 Å². The highest BCUT2D eigenvalue weighted by Crippen LogP contribution is 2.24. The molecule has 4 nitrogen and oxygen atoms in total. The maximum Gasteiger partial charge on any atom is 0.271 e. The Kier molecular flexibility index (Phi) is 4.94. The molecule has 1 amide bonds. The zero-order valence-electron chi connectivity index (χ0n) is 13.6. The summed E-state index contributed by atoms with van der Waals surface area (Å²) in [7, 11) is 1.78. The number of rotatable bonds is 3. The van der Waals surface area contributed by atoms with E-state index in [1.807, 2.05) is 6.92 Å². The summed E-state index contributed by atoms with van der Waals surface area (Å²) in [6, 6.07) is 8.38. The third kappa shape index (κ3) is 3.69. The highest BCUT2D eigenvalue weighted by Gasteiger charge is 2.18. The van der Waals surface area contributed by atoms with Crippen LogP contribution in [0.5, 0.6) is 0 Å². The number of nitrogens with one attached hydrogen (secondary N) is 1. The van der Waals surface area contributed by atoms with Crippen LogP contribution in [-0.4, -0.2) is 15.7 Å². The van der Waals surface area contributed by atoms with Gasteiger partial charge >= 0.3 is 0 Å². The molecule has 5 heteroatoms. The second-order valence-corrected chi connectivity index (χ2v) is 7.69. The van der Waals surface area contributed by atoms with Gasteiger partial charge < -0.3 is 5.32 Å². The molecule has 118 valence electrons. The lowest BCUT2D eigenvalue weighted by Gasteiger charge is -2.20. The minimum absolute atomic E-state index is 0.0489. The maximum atomic E-state index is 12.4. The lowest BCUT2D eigenvalue weighted by Crippen LogP contribution is -2.29. The summed E-state index contributed by atoms with van der Waals surface area (Å²) in [5, 5.41) is 7.14. The number of carbonyl (C=O) groups is 1. The second-order valence-electron chi connectivity index (χ2n) is 6.53. The lowest BCUT2D eigenvalue weighted by molar-refractivity contribution is 0.0929. The molecule has 0 fully saturated rings. The molecule has 0 spiro atoms. The van der Waals surface area contributed by atoms with Crippen molar-refractivity contribution < 1.29 is 4.79 Å². The zero-order valence-corrected chi connectivity index (χ0v) is 15.8. The molecule has 0 saturated carbocycles. The van der Waals surface area contributed by atoms with Crippen molar-refractivity contribution in [2.24, 2.45) is 7.05 Å². The molecular formula is C17H22IN3O. The van der Waals surface area contributed by atoms with E-state index < -0.39 is 0 Å². The van der Waals surface area contributed by atoms with Gasteiger partial charge in [-0.25, -0.2) is 0 Å². The van der Waals surface area contributed by atoms with E-state index in [4.69, 9.17) is 0 Å². The first-order valence-corrected chi connectivity index (χ1v) is 8.37. The molecular weight excluding hydrogens is 389 g/mol. The second kappa shape index (κ2) is 6.40. The maximum absolute atomic E-state index is 12.4. The Balaban J connectivity index is 2.12. The molecule has 1 unspecified atom stereocenters. The van der Waals surface area contributed by atoms with Crippen LogP contribution < -0.4 is 5.32 Å². The zero-order chi connectivity index (χ0) is 16.5. The Labute approximate surface area is 145 Å². The molecule has 0 aliphatic carbocycles. The summed E-state index contributed by atoms with van der Waals surface area (Å²) in [6.45, 7) is 8.57. The molecule has 1 heterocycles. The normalized spacial score (nSPS) is 13.0. The van der Waals surface area contributed by atoms with Gasteiger partial charge in [0.1, 0.15) is 5.69 Å². The van der Waals surface area contributed by atoms with Crippen LogP contribution in [0.4, 0.5) is 0 Å². The van der Waals surface area contributed by atoms with Crippen LogP contribution in [0.15, 0.2) is 30.5 Å². The molecule has 0 radical (unpaired) electrons. The minimum atomic E-state index is -0.100. The number of halogens is 1. The molecule has 1 aromatic heterocycles. The monoisotopic (exact) mass is 411 g/mol. The Bertz CT molecular complexity index is 649. The smallest absolute Gasteiger partial charge is 0.271 e. The van der Waals surface area contributed by atoms with E-state index >= 15 is 0 Å². The van der Waals surface area contributed by atoms with Crippen molar-refractivity contribution in [1.29, 1.82) is 0 Å². The van der Waals surface area contributed by atoms with E-state index in [9.17, 15) is 4.79 Å². The highest BCUT2D eigenvalue weighted by atomic mass is 127. The third-order valence-corrected chi connectivity index (χ3v) is 4.52. The van der Waals surface area contributed by atoms with Gasteiger partial charge in [-0.15, -0.1) is 0 Å². The van der Waals surface area contributed by atoms with Crippen LogP contribution >= 0.6 is 22.6 Å². The standard InChI is InChI=1S/C17H22IN3O/c1-11(12-6-8-13(9-7-12)17(2,3)4)20-16(22)15-14(18)10-19-21(15)5/h6-11H,1-5H3,(H,20,22). The van der Waals surface area contributed by atoms with E-state index in [1.54, 1.807) is 17.9 Å². The molecule has 0 bridgehead atoms. The molecule has 2 aromatic rings. The van der Waals surface area contributed by atoms with E-state index in [1.165, 1.54) is 5.56 Å². The quantitative estimate of drug-likeness (QED) is 0.781. The first-order valence-electron chi connectivity index (χ1n) is 7.29. The topological polar surface area (TPSA) is 46.9 Å². The van der Waals surface area contributed by atoms with Crippen LogP contribution in [0.25, 0.3) is 0 Å². The Morgan fingerprint density at radius 2 is 1.86 bits per heavy atom. The number of carbonyl (C=O) groups excluding carboxylic acids is 1. The van der Waals surface area contributed by atoms with E-state index in [2.05, 4.69) is 78.0 Å². The highest BCUT2D eigenvalue weighted by molar-refractivity contribution is 14.1. The van der Waals surface area contributed by atoms with Crippen molar-refractivity contribution in [2.75, 3.05) is 0 Å². The van der Waals surface area contributed by atoms with Crippen molar-refractivity contribution in [3.8, 4) is 0 Å². The van der Waals surface area contributed by atoms with Gasteiger partial charge in [0.05, 0.1) is 15.8 Å². The summed E-state index contributed by atoms with van der Waals surface area (Å²) in [4.78, 5) is 12.4. The van der Waals surface area contributed by atoms with Crippen LogP contribution in [0.3, 0.4) is 0 Å². The first-order chi connectivity index (χ1) is 10.2. The molecule has 22 heavy (non-hydrogen) atoms. The number of hydrogen-bond donors (Lipinski definition) is 1. The Morgan fingerprint density at radius 3 is 2.32 bits per heavy atom. The average molecular weight is 411 g/mol. The van der Waals surface area contributed by atoms with Crippen LogP contribution in [0.1, 0.15) is 55.4 Å². The van der Waals surface area contributed by atoms with Gasteiger partial charge in [0, 0.05) is 7.05 Å². The SMILES string of the molecule is CC(NC(=O)c1c(I)cnn1C)c1ccc(C(C)(C)C)cc1. The summed E-state index contributed by atoms with van der Waals surface area (Å²) in [6.07, 6.45) is 1.69. The number of hydrogen-bond acceptors (Lipinski definition) is 2. The molecule has 2 rings (SSSR count). The number of aromatic nitrogens is 2. The van der Waals surface area contributed by atoms with Crippen LogP contribution in [0.2, 0.25) is 0 Å². The van der Waals surface area contributed by atoms with Crippen molar-refractivity contribution in [3.63, 3.8) is 0 Å². The summed E-state index contributed by atoms with van der Waals surface area (Å²) >= 11 is 2.13. The van der Waals surface area contributed by atoms with E-state index in [-0.39, 0.29) is 17.4 Å². The molecule has 1 aromatic carbocycles. The molecule has 0 aliphatic heterocycles. The van der Waals surface area contributed by atoms with Gasteiger partial charge in [-0.2, -0.15) is 5.10 Å². The molecule has 1 N–H and O–H groups in total. The van der Waals surface area contributed by atoms with Gasteiger partial charge in [0.15, 0.2) is 0 Å². The number of nitrogens with zero attached hydrogens (tertiary/aromatic N) is 2. The summed E-state index contributed by atoms with van der Waals surface area (Å²) in [5.41, 5.74) is 3.11. The lowest BCUT2D eigenvalue weighted by atomic mass is 9.86. The van der Waals surface area contributed by atoms with Gasteiger partial charge in [-0.1, -0.05) is 45.0 Å². The van der Waals surface area contributed by atoms with Gasteiger partial charge in [0.2, 0.25) is 0 Å². The van der Waals surface area contributed by atoms with Crippen molar-refractivity contribution in [3.05, 3.63) is 50.9 Å². The van der Waals surface area contributed by atoms with Gasteiger partial charge in [-0.3, -0.25) is 9.48 Å². The van der Waals surface area contributed by atoms with E-state index in [0.29, 0.717) is 5.69 Å². The third-order valence-electron chi connectivity index (χ3n) is 3.73. The molecule has 0 aliphatic rings. The van der Waals surface area contributed by atoms with Crippen molar-refractivity contribution in [1.82, 2.24) is 15.1 Å². The fourth-order valence-corrected chi connectivity index (χ4v) is 3.00. The molecule has 0 saturated heterocycles. The summed E-state index contributed by atoms with van der Waals surface area (Å²) < 4.78 is 2.46. The Hall–Kier alpha value is -1.37. The van der Waals surface area contributed by atoms with Gasteiger partial charge in [-0.05, 0) is 46.1 Å². The van der Waals surface area contributed by atoms with Crippen molar-refractivity contribution >= 4 is 28.5 Å². The first kappa shape index (κ1) is 17.0. The van der Waals surface area contributed by atoms with Crippen LogP contribution in [0, 0.1) is 3.57 Å². The predicted octanol–water partition coefficient (Wildman–Crippen LogP) is 3.81. The summed E-state index contributed by atoms with van der Waals surface area (Å²) in [5.74, 6) is -0.100. The largest absolute Gasteiger partial charge is 0.344 e.